The van der Waals surface area contributed by atoms with Crippen molar-refractivity contribution in [2.75, 3.05) is 10.6 Å². The first-order valence-electron chi connectivity index (χ1n) is 11.1. The molecule has 7 nitrogen and oxygen atoms in total. The van der Waals surface area contributed by atoms with Crippen LogP contribution in [-0.4, -0.2) is 33.1 Å². The first-order valence-corrected chi connectivity index (χ1v) is 14.3. The third-order valence-corrected chi connectivity index (χ3v) is 8.94. The number of thioether (sulfide) groups is 1. The molecule has 0 saturated heterocycles. The number of rotatable bonds is 8. The number of thiazole rings is 1. The number of hydrogen-bond acceptors (Lipinski definition) is 6. The number of carbonyl (C=O) groups excluding carboxylic acids is 2. The van der Waals surface area contributed by atoms with Gasteiger partial charge in [0.2, 0.25) is 5.91 Å². The molecule has 1 aromatic heterocycles. The Morgan fingerprint density at radius 1 is 0.897 bits per heavy atom. The molecule has 0 aliphatic rings. The number of anilines is 2. The topological polar surface area (TPSA) is 108 Å². The van der Waals surface area contributed by atoms with Gasteiger partial charge in [-0.25, -0.2) is 9.78 Å². The Morgan fingerprint density at radius 3 is 2.23 bits per heavy atom. The first kappa shape index (κ1) is 29.2. The fourth-order valence-electron chi connectivity index (χ4n) is 3.42. The molecule has 0 spiro atoms. The number of carbonyl (C=O) groups is 3. The fourth-order valence-corrected chi connectivity index (χ4v) is 6.09. The Bertz CT molecular complexity index is 1580. The van der Waals surface area contributed by atoms with Crippen LogP contribution in [0, 0.1) is 0 Å². The molecule has 4 aromatic rings. The minimum absolute atomic E-state index is 0.237. The van der Waals surface area contributed by atoms with E-state index in [0.717, 1.165) is 11.3 Å². The van der Waals surface area contributed by atoms with Crippen molar-refractivity contribution in [3.8, 4) is 11.3 Å². The molecule has 0 radical (unpaired) electrons. The zero-order chi connectivity index (χ0) is 28.3. The van der Waals surface area contributed by atoms with Crippen LogP contribution in [0.25, 0.3) is 11.3 Å². The van der Waals surface area contributed by atoms with Gasteiger partial charge in [-0.15, -0.1) is 23.1 Å². The van der Waals surface area contributed by atoms with Crippen molar-refractivity contribution in [1.29, 1.82) is 0 Å². The van der Waals surface area contributed by atoms with Gasteiger partial charge in [0.25, 0.3) is 5.91 Å². The molecule has 0 aliphatic carbocycles. The predicted octanol–water partition coefficient (Wildman–Crippen LogP) is 8.49. The zero-order valence-electron chi connectivity index (χ0n) is 19.8. The lowest BCUT2D eigenvalue weighted by Crippen LogP contribution is -2.22. The number of aromatic carboxylic acids is 1. The van der Waals surface area contributed by atoms with E-state index >= 15 is 0 Å². The Kier molecular flexibility index (Phi) is 9.43. The van der Waals surface area contributed by atoms with Crippen LogP contribution >= 0.6 is 69.5 Å². The van der Waals surface area contributed by atoms with Crippen molar-refractivity contribution < 1.29 is 19.5 Å². The smallest absolute Gasteiger partial charge is 0.338 e. The van der Waals surface area contributed by atoms with Crippen LogP contribution in [0.1, 0.15) is 27.6 Å². The van der Waals surface area contributed by atoms with E-state index in [1.54, 1.807) is 31.2 Å². The molecular formula is C26H17Cl4N3O4S2. The summed E-state index contributed by atoms with van der Waals surface area (Å²) in [6.07, 6.45) is 0. The highest BCUT2D eigenvalue weighted by molar-refractivity contribution is 8.00. The maximum atomic E-state index is 13.0. The number of amides is 2. The maximum Gasteiger partial charge on any atom is 0.338 e. The molecule has 1 heterocycles. The molecule has 39 heavy (non-hydrogen) atoms. The van der Waals surface area contributed by atoms with Crippen LogP contribution < -0.4 is 10.6 Å². The van der Waals surface area contributed by atoms with Crippen LogP contribution in [0.5, 0.6) is 0 Å². The highest BCUT2D eigenvalue weighted by Gasteiger charge is 2.29. The quantitative estimate of drug-likeness (QED) is 0.101. The third kappa shape index (κ3) is 6.69. The van der Waals surface area contributed by atoms with E-state index in [9.17, 15) is 19.5 Å². The predicted molar refractivity (Wildman–Crippen MR) is 159 cm³/mol. The van der Waals surface area contributed by atoms with Crippen LogP contribution in [-0.2, 0) is 4.79 Å². The van der Waals surface area contributed by atoms with E-state index in [1.807, 2.05) is 35.7 Å². The SMILES string of the molecule is CC(Sc1cccc(NC(=O)c2c(Cl)c(Cl)c(Cl)c(Cl)c2C(=O)O)c1)C(=O)Nc1nc(-c2ccccc2)cs1. The van der Waals surface area contributed by atoms with Crippen LogP contribution in [0.2, 0.25) is 20.1 Å². The van der Waals surface area contributed by atoms with Crippen molar-refractivity contribution in [3.63, 3.8) is 0 Å². The second kappa shape index (κ2) is 12.6. The molecule has 13 heteroatoms. The van der Waals surface area contributed by atoms with Gasteiger partial charge in [-0.2, -0.15) is 0 Å². The summed E-state index contributed by atoms with van der Waals surface area (Å²) in [5, 5.41) is 15.6. The monoisotopic (exact) mass is 639 g/mol. The highest BCUT2D eigenvalue weighted by atomic mass is 35.5. The minimum atomic E-state index is -1.49. The van der Waals surface area contributed by atoms with Crippen LogP contribution in [0.4, 0.5) is 10.8 Å². The van der Waals surface area contributed by atoms with Crippen molar-refractivity contribution in [2.24, 2.45) is 0 Å². The van der Waals surface area contributed by atoms with E-state index in [2.05, 4.69) is 15.6 Å². The fraction of sp³-hybridized carbons (Fsp3) is 0.0769. The summed E-state index contributed by atoms with van der Waals surface area (Å²) in [4.78, 5) is 42.8. The molecule has 0 saturated carbocycles. The summed E-state index contributed by atoms with van der Waals surface area (Å²) < 4.78 is 0. The van der Waals surface area contributed by atoms with Gasteiger partial charge in [-0.05, 0) is 25.1 Å². The average Bonchev–Trinajstić information content (AvgIpc) is 3.38. The van der Waals surface area contributed by atoms with E-state index < -0.39 is 33.3 Å². The van der Waals surface area contributed by atoms with E-state index in [0.29, 0.717) is 15.7 Å². The van der Waals surface area contributed by atoms with Gasteiger partial charge in [-0.3, -0.25) is 9.59 Å². The number of nitrogens with one attached hydrogen (secondary N) is 2. The van der Waals surface area contributed by atoms with Gasteiger partial charge in [0.15, 0.2) is 5.13 Å². The molecule has 0 bridgehead atoms. The van der Waals surface area contributed by atoms with Gasteiger partial charge in [-0.1, -0.05) is 82.8 Å². The Balaban J connectivity index is 1.46. The van der Waals surface area contributed by atoms with E-state index in [1.165, 1.54) is 23.1 Å². The summed E-state index contributed by atoms with van der Waals surface area (Å²) in [5.41, 5.74) is 1.07. The number of carboxylic acid groups (broad SMARTS) is 1. The number of halogens is 4. The first-order chi connectivity index (χ1) is 18.6. The zero-order valence-corrected chi connectivity index (χ0v) is 24.5. The normalized spacial score (nSPS) is 11.6. The Hall–Kier alpha value is -2.79. The lowest BCUT2D eigenvalue weighted by atomic mass is 10.1. The molecular weight excluding hydrogens is 624 g/mol. The van der Waals surface area contributed by atoms with Crippen molar-refractivity contribution in [3.05, 3.63) is 91.2 Å². The van der Waals surface area contributed by atoms with E-state index in [-0.39, 0.29) is 21.0 Å². The highest BCUT2D eigenvalue weighted by Crippen LogP contribution is 2.42. The standard InChI is InChI=1S/C26H17Cl4N3O4S2/c1-12(23(34)33-26-32-16(11-38-26)13-6-3-2-4-7-13)39-15-9-5-8-14(10-15)31-24(35)17-18(25(36)37)20(28)22(30)21(29)19(17)27/h2-12H,1H3,(H,31,35)(H,36,37)(H,32,33,34). The van der Waals surface area contributed by atoms with Crippen LogP contribution in [0.3, 0.4) is 0 Å². The largest absolute Gasteiger partial charge is 0.478 e. The molecule has 2 amide bonds. The minimum Gasteiger partial charge on any atom is -0.478 e. The van der Waals surface area contributed by atoms with Crippen molar-refractivity contribution in [1.82, 2.24) is 4.98 Å². The van der Waals surface area contributed by atoms with Gasteiger partial charge in [0, 0.05) is 21.5 Å². The van der Waals surface area contributed by atoms with Gasteiger partial charge < -0.3 is 15.7 Å². The van der Waals surface area contributed by atoms with Gasteiger partial charge in [0.05, 0.1) is 42.2 Å². The number of aromatic nitrogens is 1. The second-order valence-electron chi connectivity index (χ2n) is 7.95. The summed E-state index contributed by atoms with van der Waals surface area (Å²) in [6.45, 7) is 1.74. The molecule has 0 aliphatic heterocycles. The number of hydrogen-bond donors (Lipinski definition) is 3. The maximum absolute atomic E-state index is 13.0. The third-order valence-electron chi connectivity index (χ3n) is 5.29. The van der Waals surface area contributed by atoms with E-state index in [4.69, 9.17) is 46.4 Å². The number of carboxylic acids is 1. The summed E-state index contributed by atoms with van der Waals surface area (Å²) in [7, 11) is 0. The average molecular weight is 641 g/mol. The van der Waals surface area contributed by atoms with Gasteiger partial charge in [0.1, 0.15) is 0 Å². The lowest BCUT2D eigenvalue weighted by Gasteiger charge is -2.15. The van der Waals surface area contributed by atoms with Crippen LogP contribution in [0.15, 0.2) is 64.9 Å². The van der Waals surface area contributed by atoms with Crippen molar-refractivity contribution >= 4 is 98.1 Å². The Morgan fingerprint density at radius 2 is 1.56 bits per heavy atom. The molecule has 200 valence electrons. The lowest BCUT2D eigenvalue weighted by molar-refractivity contribution is -0.115. The summed E-state index contributed by atoms with van der Waals surface area (Å²) in [6, 6.07) is 16.3. The molecule has 3 aromatic carbocycles. The molecule has 1 unspecified atom stereocenters. The Labute approximate surface area is 251 Å². The number of benzene rings is 3. The second-order valence-corrected chi connectivity index (χ2v) is 11.7. The van der Waals surface area contributed by atoms with Gasteiger partial charge >= 0.3 is 5.97 Å². The van der Waals surface area contributed by atoms with Crippen molar-refractivity contribution in [2.45, 2.75) is 17.1 Å². The molecule has 3 N–H and O–H groups in total. The molecule has 4 rings (SSSR count). The number of nitrogens with zero attached hydrogens (tertiary/aromatic N) is 1. The molecule has 0 fully saturated rings. The summed E-state index contributed by atoms with van der Waals surface area (Å²) >= 11 is 26.8. The summed E-state index contributed by atoms with van der Waals surface area (Å²) in [5.74, 6) is -2.58. The molecule has 1 atom stereocenters.